The minimum absolute atomic E-state index is 0.00606. The summed E-state index contributed by atoms with van der Waals surface area (Å²) in [7, 11) is -1.50. The highest BCUT2D eigenvalue weighted by Gasteiger charge is 2.57. The lowest BCUT2D eigenvalue weighted by Gasteiger charge is -2.53. The number of alkyl halides is 5. The Bertz CT molecular complexity index is 1470. The lowest BCUT2D eigenvalue weighted by Crippen LogP contribution is -2.50. The van der Waals surface area contributed by atoms with Gasteiger partial charge in [-0.15, -0.1) is 0 Å². The smallest absolute Gasteiger partial charge is 0.410 e. The standard InChI is InChI=1S/C34H42F5N3O4S/c1-32-13-11-26-25-8-7-24(46-31(43)42-19-22-5-2-14-40-28(22)20-42)18-23(25)17-21(30(26)27(32)9-10-29(32)41-44)6-3-15-47(45)16-4-12-33(35,36)34(37,38)39/h2,5,7-8,14,18,21,26-27,29-30,41,44H,3-4,6,9-13,15-17,19-20H2,1H3/t21-,26-,27+,29?,30-,32+,47?/m1/s1. The molecule has 7 atom stereocenters. The number of aromatic nitrogens is 1. The zero-order valence-electron chi connectivity index (χ0n) is 26.4. The lowest BCUT2D eigenvalue weighted by molar-refractivity contribution is -0.284. The first kappa shape index (κ1) is 34.2. The van der Waals surface area contributed by atoms with Crippen molar-refractivity contribution in [2.24, 2.45) is 23.2 Å². The molecular weight excluding hydrogens is 641 g/mol. The molecule has 13 heteroatoms. The van der Waals surface area contributed by atoms with Gasteiger partial charge in [0.05, 0.1) is 18.8 Å². The van der Waals surface area contributed by atoms with E-state index in [0.29, 0.717) is 37.1 Å². The Morgan fingerprint density at radius 1 is 1.11 bits per heavy atom. The van der Waals surface area contributed by atoms with E-state index in [1.807, 2.05) is 24.3 Å². The fourth-order valence-corrected chi connectivity index (χ4v) is 10.2. The Morgan fingerprint density at radius 2 is 1.89 bits per heavy atom. The maximum atomic E-state index is 13.3. The van der Waals surface area contributed by atoms with Gasteiger partial charge >= 0.3 is 18.2 Å². The molecule has 258 valence electrons. The molecule has 2 N–H and O–H groups in total. The van der Waals surface area contributed by atoms with Gasteiger partial charge in [-0.3, -0.25) is 14.1 Å². The highest BCUT2D eigenvalue weighted by molar-refractivity contribution is 7.84. The van der Waals surface area contributed by atoms with Crippen molar-refractivity contribution in [3.05, 3.63) is 58.9 Å². The van der Waals surface area contributed by atoms with Gasteiger partial charge in [-0.25, -0.2) is 10.3 Å². The third kappa shape index (κ3) is 6.81. The molecule has 2 fully saturated rings. The topological polar surface area (TPSA) is 91.8 Å². The quantitative estimate of drug-likeness (QED) is 0.199. The first-order valence-electron chi connectivity index (χ1n) is 16.5. The van der Waals surface area contributed by atoms with Crippen LogP contribution in [0.2, 0.25) is 0 Å². The normalized spacial score (nSPS) is 29.1. The van der Waals surface area contributed by atoms with Crippen molar-refractivity contribution in [2.75, 3.05) is 11.5 Å². The SMILES string of the molecule is C[C@]12CC[C@@H]3c4ccc(OC(=O)N5Cc6cccnc6C5)cc4C[C@@H](CCCS(=O)CCCC(F)(F)C(F)(F)F)[C@H]3[C@@H]1CCC2NO. The number of fused-ring (bicyclic) bond motifs is 6. The first-order valence-corrected chi connectivity index (χ1v) is 18.0. The van der Waals surface area contributed by atoms with Crippen molar-refractivity contribution in [1.29, 1.82) is 0 Å². The molecule has 2 saturated carbocycles. The molecule has 1 aromatic heterocycles. The first-order chi connectivity index (χ1) is 22.3. The highest BCUT2D eigenvalue weighted by Crippen LogP contribution is 2.62. The van der Waals surface area contributed by atoms with Crippen LogP contribution >= 0.6 is 0 Å². The van der Waals surface area contributed by atoms with Gasteiger partial charge in [0.15, 0.2) is 0 Å². The molecule has 0 radical (unpaired) electrons. The third-order valence-electron chi connectivity index (χ3n) is 11.4. The van der Waals surface area contributed by atoms with Gasteiger partial charge < -0.3 is 9.94 Å². The molecule has 47 heavy (non-hydrogen) atoms. The third-order valence-corrected chi connectivity index (χ3v) is 12.9. The number of nitrogens with zero attached hydrogens (tertiary/aromatic N) is 2. The van der Waals surface area contributed by atoms with Crippen molar-refractivity contribution in [2.45, 2.75) is 102 Å². The lowest BCUT2D eigenvalue weighted by atomic mass is 9.52. The molecule has 6 rings (SSSR count). The van der Waals surface area contributed by atoms with E-state index in [0.717, 1.165) is 55.3 Å². The van der Waals surface area contributed by atoms with Crippen LogP contribution in [0.3, 0.4) is 0 Å². The average molecular weight is 684 g/mol. The molecule has 3 aliphatic carbocycles. The van der Waals surface area contributed by atoms with Crippen LogP contribution in [-0.4, -0.2) is 55.0 Å². The number of amides is 1. The van der Waals surface area contributed by atoms with Gasteiger partial charge in [0.1, 0.15) is 5.75 Å². The zero-order chi connectivity index (χ0) is 33.6. The van der Waals surface area contributed by atoms with Gasteiger partial charge in [0.25, 0.3) is 0 Å². The molecule has 7 nitrogen and oxygen atoms in total. The number of hydrogen-bond donors (Lipinski definition) is 2. The number of nitrogens with one attached hydrogen (secondary N) is 1. The van der Waals surface area contributed by atoms with Crippen LogP contribution in [-0.2, 0) is 30.3 Å². The van der Waals surface area contributed by atoms with Crippen LogP contribution in [0, 0.1) is 23.2 Å². The molecular formula is C34H42F5N3O4S. The second-order valence-corrected chi connectivity index (χ2v) is 15.7. The molecule has 0 saturated heterocycles. The summed E-state index contributed by atoms with van der Waals surface area (Å²) in [4.78, 5) is 19.0. The van der Waals surface area contributed by atoms with E-state index < -0.39 is 41.8 Å². The molecule has 2 unspecified atom stereocenters. The summed E-state index contributed by atoms with van der Waals surface area (Å²) in [5.74, 6) is -3.08. The average Bonchev–Trinajstić information content (AvgIpc) is 3.61. The van der Waals surface area contributed by atoms with Gasteiger partial charge in [-0.05, 0) is 115 Å². The van der Waals surface area contributed by atoms with E-state index in [2.05, 4.69) is 23.5 Å². The summed E-state index contributed by atoms with van der Waals surface area (Å²) in [5, 5.41) is 9.95. The maximum Gasteiger partial charge on any atom is 0.453 e. The Kier molecular flexibility index (Phi) is 9.72. The van der Waals surface area contributed by atoms with E-state index in [4.69, 9.17) is 4.74 Å². The van der Waals surface area contributed by atoms with Crippen LogP contribution in [0.1, 0.15) is 86.6 Å². The number of pyridine rings is 1. The van der Waals surface area contributed by atoms with Crippen molar-refractivity contribution in [3.8, 4) is 5.75 Å². The number of carbonyl (C=O) groups is 1. The summed E-state index contributed by atoms with van der Waals surface area (Å²) in [6.07, 6.45) is -0.379. The Labute approximate surface area is 274 Å². The summed E-state index contributed by atoms with van der Waals surface area (Å²) in [6.45, 7) is 3.08. The Hall–Kier alpha value is -2.64. The molecule has 1 aromatic carbocycles. The fourth-order valence-electron chi connectivity index (χ4n) is 9.02. The van der Waals surface area contributed by atoms with E-state index in [1.165, 1.54) is 5.56 Å². The number of benzene rings is 1. The summed E-state index contributed by atoms with van der Waals surface area (Å²) in [6, 6.07) is 9.70. The second kappa shape index (κ2) is 13.3. The van der Waals surface area contributed by atoms with Crippen LogP contribution in [0.25, 0.3) is 0 Å². The van der Waals surface area contributed by atoms with Gasteiger partial charge in [-0.2, -0.15) is 22.0 Å². The minimum atomic E-state index is -5.60. The highest BCUT2D eigenvalue weighted by atomic mass is 32.2. The van der Waals surface area contributed by atoms with Gasteiger partial charge in [0.2, 0.25) is 0 Å². The molecule has 0 spiro atoms. The van der Waals surface area contributed by atoms with Gasteiger partial charge in [-0.1, -0.05) is 19.1 Å². The predicted octanol–water partition coefficient (Wildman–Crippen LogP) is 7.53. The number of ether oxygens (including phenoxy) is 1. The minimum Gasteiger partial charge on any atom is -0.410 e. The van der Waals surface area contributed by atoms with Crippen LogP contribution < -0.4 is 10.2 Å². The van der Waals surface area contributed by atoms with E-state index >= 15 is 0 Å². The molecule has 1 amide bonds. The Balaban J connectivity index is 1.14. The number of carbonyl (C=O) groups excluding carboxylic acids is 1. The van der Waals surface area contributed by atoms with Crippen molar-refractivity contribution < 1.29 is 40.9 Å². The second-order valence-electron chi connectivity index (χ2n) is 14.0. The summed E-state index contributed by atoms with van der Waals surface area (Å²) in [5.41, 5.74) is 6.71. The summed E-state index contributed by atoms with van der Waals surface area (Å²) >= 11 is 0. The van der Waals surface area contributed by atoms with E-state index in [-0.39, 0.29) is 34.8 Å². The number of hydrogen-bond acceptors (Lipinski definition) is 6. The fraction of sp³-hybridized carbons (Fsp3) is 0.647. The molecule has 4 aliphatic rings. The molecule has 0 bridgehead atoms. The monoisotopic (exact) mass is 683 g/mol. The molecule has 2 aromatic rings. The van der Waals surface area contributed by atoms with Crippen LogP contribution in [0.5, 0.6) is 5.75 Å². The van der Waals surface area contributed by atoms with E-state index in [1.54, 1.807) is 11.1 Å². The number of hydroxylamine groups is 1. The Morgan fingerprint density at radius 3 is 2.64 bits per heavy atom. The molecule has 1 aliphatic heterocycles. The van der Waals surface area contributed by atoms with E-state index in [9.17, 15) is 36.2 Å². The maximum absolute atomic E-state index is 13.3. The molecule has 2 heterocycles. The number of rotatable bonds is 10. The zero-order valence-corrected chi connectivity index (χ0v) is 27.2. The van der Waals surface area contributed by atoms with Crippen molar-refractivity contribution in [1.82, 2.24) is 15.4 Å². The predicted molar refractivity (Wildman–Crippen MR) is 165 cm³/mol. The van der Waals surface area contributed by atoms with Crippen molar-refractivity contribution in [3.63, 3.8) is 0 Å². The number of halogens is 5. The van der Waals surface area contributed by atoms with Crippen LogP contribution in [0.4, 0.5) is 26.7 Å². The summed E-state index contributed by atoms with van der Waals surface area (Å²) < 4.78 is 82.6. The van der Waals surface area contributed by atoms with Crippen molar-refractivity contribution >= 4 is 16.9 Å². The van der Waals surface area contributed by atoms with Gasteiger partial charge in [0, 0.05) is 41.0 Å². The largest absolute Gasteiger partial charge is 0.453 e. The van der Waals surface area contributed by atoms with Crippen LogP contribution in [0.15, 0.2) is 36.5 Å².